The fourth-order valence-corrected chi connectivity index (χ4v) is 8.11. The second-order valence-corrected chi connectivity index (χ2v) is 10.7. The van der Waals surface area contributed by atoms with E-state index in [0.717, 1.165) is 0 Å². The summed E-state index contributed by atoms with van der Waals surface area (Å²) in [5.41, 5.74) is 3.75. The van der Waals surface area contributed by atoms with E-state index in [-0.39, 0.29) is 0 Å². The minimum absolute atomic E-state index is 1.21. The van der Waals surface area contributed by atoms with Crippen LogP contribution in [0.25, 0.3) is 67.8 Å². The molecule has 0 aliphatic carbocycles. The molecule has 0 N–H and O–H groups in total. The third kappa shape index (κ3) is 2.36. The Morgan fingerprint density at radius 3 is 2.18 bits per heavy atom. The fourth-order valence-electron chi connectivity index (χ4n) is 5.31. The average molecular weight is 456 g/mol. The van der Waals surface area contributed by atoms with Crippen molar-refractivity contribution in [1.29, 1.82) is 0 Å². The van der Waals surface area contributed by atoms with Gasteiger partial charge in [0.2, 0.25) is 0 Å². The van der Waals surface area contributed by atoms with Crippen LogP contribution in [-0.2, 0) is 0 Å². The lowest BCUT2D eigenvalue weighted by molar-refractivity contribution is 1.19. The number of hydrogen-bond donors (Lipinski definition) is 0. The first-order valence-corrected chi connectivity index (χ1v) is 12.8. The predicted octanol–water partition coefficient (Wildman–Crippen LogP) is 9.52. The summed E-state index contributed by atoms with van der Waals surface area (Å²) in [6.07, 6.45) is 0. The summed E-state index contributed by atoms with van der Waals surface area (Å²) >= 11 is 3.87. The Labute approximate surface area is 197 Å². The maximum atomic E-state index is 2.43. The average Bonchev–Trinajstić information content (AvgIpc) is 3.51. The number of nitrogens with zero attached hydrogens (tertiary/aromatic N) is 1. The Balaban J connectivity index is 1.54. The topological polar surface area (TPSA) is 4.93 Å². The molecule has 33 heavy (non-hydrogen) atoms. The molecule has 3 aromatic heterocycles. The molecule has 0 unspecified atom stereocenters. The van der Waals surface area contributed by atoms with Crippen LogP contribution in [-0.4, -0.2) is 4.57 Å². The highest BCUT2D eigenvalue weighted by Crippen LogP contribution is 2.48. The molecular formula is C30H17NS2. The molecule has 0 saturated carbocycles. The summed E-state index contributed by atoms with van der Waals surface area (Å²) in [7, 11) is 0. The molecule has 0 radical (unpaired) electrons. The Morgan fingerprint density at radius 1 is 0.485 bits per heavy atom. The van der Waals surface area contributed by atoms with E-state index in [2.05, 4.69) is 108 Å². The third-order valence-electron chi connectivity index (χ3n) is 6.78. The highest BCUT2D eigenvalue weighted by molar-refractivity contribution is 7.37. The van der Waals surface area contributed by atoms with E-state index in [9.17, 15) is 0 Å². The smallest absolute Gasteiger partial charge is 0.0555 e. The van der Waals surface area contributed by atoms with Gasteiger partial charge >= 0.3 is 0 Å². The van der Waals surface area contributed by atoms with Gasteiger partial charge in [-0.05, 0) is 47.2 Å². The van der Waals surface area contributed by atoms with Crippen molar-refractivity contribution in [1.82, 2.24) is 4.57 Å². The van der Waals surface area contributed by atoms with Gasteiger partial charge in [-0.15, -0.1) is 22.7 Å². The molecule has 0 atom stereocenters. The highest BCUT2D eigenvalue weighted by atomic mass is 32.1. The van der Waals surface area contributed by atoms with Crippen molar-refractivity contribution in [3.63, 3.8) is 0 Å². The van der Waals surface area contributed by atoms with Crippen LogP contribution in [0.5, 0.6) is 0 Å². The molecule has 0 saturated heterocycles. The van der Waals surface area contributed by atoms with E-state index < -0.39 is 0 Å². The third-order valence-corrected chi connectivity index (χ3v) is 9.37. The van der Waals surface area contributed by atoms with Crippen molar-refractivity contribution in [3.8, 4) is 5.69 Å². The zero-order chi connectivity index (χ0) is 21.5. The van der Waals surface area contributed by atoms with Crippen LogP contribution in [0, 0.1) is 0 Å². The van der Waals surface area contributed by atoms with Gasteiger partial charge in [0.25, 0.3) is 0 Å². The summed E-state index contributed by atoms with van der Waals surface area (Å²) < 4.78 is 8.04. The zero-order valence-electron chi connectivity index (χ0n) is 17.6. The van der Waals surface area contributed by atoms with Crippen LogP contribution in [0.2, 0.25) is 0 Å². The summed E-state index contributed by atoms with van der Waals surface area (Å²) in [5.74, 6) is 0. The van der Waals surface area contributed by atoms with Crippen LogP contribution in [0.15, 0.2) is 103 Å². The molecule has 8 aromatic rings. The zero-order valence-corrected chi connectivity index (χ0v) is 19.2. The first-order chi connectivity index (χ1) is 16.4. The fraction of sp³-hybridized carbons (Fsp3) is 0. The Morgan fingerprint density at radius 2 is 1.24 bits per heavy atom. The Kier molecular flexibility index (Phi) is 3.48. The molecular weight excluding hydrogens is 438 g/mol. The molecule has 1 nitrogen and oxygen atoms in total. The molecule has 0 fully saturated rings. The lowest BCUT2D eigenvalue weighted by Crippen LogP contribution is -1.93. The number of hydrogen-bond acceptors (Lipinski definition) is 2. The van der Waals surface area contributed by atoms with Gasteiger partial charge in [-0.25, -0.2) is 0 Å². The van der Waals surface area contributed by atoms with E-state index >= 15 is 0 Å². The van der Waals surface area contributed by atoms with Crippen molar-refractivity contribution < 1.29 is 0 Å². The number of benzene rings is 5. The van der Waals surface area contributed by atoms with E-state index in [1.165, 1.54) is 67.8 Å². The Bertz CT molecular complexity index is 2030. The van der Waals surface area contributed by atoms with Crippen LogP contribution < -0.4 is 0 Å². The second-order valence-electron chi connectivity index (χ2n) is 8.58. The first-order valence-electron chi connectivity index (χ1n) is 11.1. The molecule has 3 heterocycles. The van der Waals surface area contributed by atoms with Crippen LogP contribution >= 0.6 is 22.7 Å². The van der Waals surface area contributed by atoms with Gasteiger partial charge in [0.15, 0.2) is 0 Å². The standard InChI is InChI=1S/C30H17NS2/c1-2-8-19-17-20(14-13-18(19)7-1)31-24-11-5-3-9-21(24)27-25(31)16-15-23-28(27)33-29-22-10-4-6-12-26(22)32-30(23)29/h1-17H. The van der Waals surface area contributed by atoms with Crippen LogP contribution in [0.4, 0.5) is 0 Å². The molecule has 0 aliphatic rings. The Hall–Kier alpha value is -3.66. The van der Waals surface area contributed by atoms with E-state index in [1.54, 1.807) is 0 Å². The van der Waals surface area contributed by atoms with Gasteiger partial charge in [0, 0.05) is 36.6 Å². The minimum Gasteiger partial charge on any atom is -0.309 e. The molecule has 8 rings (SSSR count). The molecule has 0 bridgehead atoms. The second kappa shape index (κ2) is 6.44. The normalized spacial score (nSPS) is 12.2. The largest absolute Gasteiger partial charge is 0.309 e. The monoisotopic (exact) mass is 455 g/mol. The molecule has 154 valence electrons. The SMILES string of the molecule is c1ccc2cc(-n3c4ccccc4c4c5sc6c7ccccc7sc6c5ccc43)ccc2c1. The summed E-state index contributed by atoms with van der Waals surface area (Å²) in [6, 6.07) is 37.7. The maximum Gasteiger partial charge on any atom is 0.0555 e. The number of thiophene rings is 2. The van der Waals surface area contributed by atoms with Gasteiger partial charge in [-0.1, -0.05) is 66.7 Å². The van der Waals surface area contributed by atoms with Crippen molar-refractivity contribution in [2.45, 2.75) is 0 Å². The molecule has 0 amide bonds. The number of para-hydroxylation sites is 1. The van der Waals surface area contributed by atoms with Crippen molar-refractivity contribution in [2.75, 3.05) is 0 Å². The van der Waals surface area contributed by atoms with Gasteiger partial charge in [0.1, 0.15) is 0 Å². The van der Waals surface area contributed by atoms with Gasteiger partial charge in [-0.3, -0.25) is 0 Å². The maximum absolute atomic E-state index is 2.43. The summed E-state index contributed by atoms with van der Waals surface area (Å²) in [6.45, 7) is 0. The van der Waals surface area contributed by atoms with Gasteiger partial charge < -0.3 is 4.57 Å². The van der Waals surface area contributed by atoms with Crippen LogP contribution in [0.3, 0.4) is 0 Å². The number of aromatic nitrogens is 1. The predicted molar refractivity (Wildman–Crippen MR) is 147 cm³/mol. The van der Waals surface area contributed by atoms with E-state index in [0.29, 0.717) is 0 Å². The number of rotatable bonds is 1. The quantitative estimate of drug-likeness (QED) is 0.232. The van der Waals surface area contributed by atoms with Crippen LogP contribution in [0.1, 0.15) is 0 Å². The minimum atomic E-state index is 1.21. The molecule has 0 spiro atoms. The van der Waals surface area contributed by atoms with Crippen molar-refractivity contribution in [3.05, 3.63) is 103 Å². The molecule has 0 aliphatic heterocycles. The lowest BCUT2D eigenvalue weighted by atomic mass is 10.1. The van der Waals surface area contributed by atoms with Gasteiger partial charge in [-0.2, -0.15) is 0 Å². The van der Waals surface area contributed by atoms with Crippen molar-refractivity contribution in [2.24, 2.45) is 0 Å². The lowest BCUT2D eigenvalue weighted by Gasteiger charge is -2.09. The highest BCUT2D eigenvalue weighted by Gasteiger charge is 2.19. The van der Waals surface area contributed by atoms with E-state index in [4.69, 9.17) is 0 Å². The van der Waals surface area contributed by atoms with E-state index in [1.807, 2.05) is 22.7 Å². The number of fused-ring (bicyclic) bond motifs is 10. The molecule has 3 heteroatoms. The summed E-state index contributed by atoms with van der Waals surface area (Å²) in [4.78, 5) is 0. The first kappa shape index (κ1) is 17.8. The van der Waals surface area contributed by atoms with Crippen molar-refractivity contribution >= 4 is 84.8 Å². The van der Waals surface area contributed by atoms with Gasteiger partial charge in [0.05, 0.1) is 20.4 Å². The summed E-state index contributed by atoms with van der Waals surface area (Å²) in [5, 5.41) is 7.99. The molecule has 5 aromatic carbocycles.